The molecular formula is C23H25BrN2O4. The smallest absolute Gasteiger partial charge is 0.340 e. The van der Waals surface area contributed by atoms with Gasteiger partial charge in [0, 0.05) is 40.9 Å². The fourth-order valence-electron chi connectivity index (χ4n) is 3.76. The van der Waals surface area contributed by atoms with E-state index in [0.29, 0.717) is 30.0 Å². The zero-order valence-electron chi connectivity index (χ0n) is 17.8. The molecule has 0 fully saturated rings. The average Bonchev–Trinajstić information content (AvgIpc) is 3.13. The molecule has 30 heavy (non-hydrogen) atoms. The summed E-state index contributed by atoms with van der Waals surface area (Å²) in [5.74, 6) is -0.743. The molecule has 1 aliphatic rings. The first-order valence-corrected chi connectivity index (χ1v) is 10.4. The molecule has 0 bridgehead atoms. The molecule has 0 aliphatic carbocycles. The van der Waals surface area contributed by atoms with Gasteiger partial charge in [-0.25, -0.2) is 4.79 Å². The molecule has 1 amide bonds. The summed E-state index contributed by atoms with van der Waals surface area (Å²) >= 11 is 3.46. The highest BCUT2D eigenvalue weighted by atomic mass is 79.9. The molecule has 158 valence electrons. The van der Waals surface area contributed by atoms with E-state index in [4.69, 9.17) is 9.47 Å². The monoisotopic (exact) mass is 472 g/mol. The van der Waals surface area contributed by atoms with Crippen LogP contribution in [0.5, 0.6) is 0 Å². The number of aryl methyl sites for hydroxylation is 1. The molecule has 0 saturated carbocycles. The lowest BCUT2D eigenvalue weighted by atomic mass is 10.0. The summed E-state index contributed by atoms with van der Waals surface area (Å²) in [7, 11) is 2.90. The summed E-state index contributed by atoms with van der Waals surface area (Å²) < 4.78 is 13.2. The Hall–Kier alpha value is -2.64. The van der Waals surface area contributed by atoms with E-state index in [-0.39, 0.29) is 5.91 Å². The van der Waals surface area contributed by atoms with Gasteiger partial charge in [-0.3, -0.25) is 4.79 Å². The van der Waals surface area contributed by atoms with Gasteiger partial charge in [0.05, 0.1) is 24.9 Å². The van der Waals surface area contributed by atoms with Crippen LogP contribution in [0.4, 0.5) is 0 Å². The number of carbonyl (C=O) groups excluding carboxylic acids is 2. The number of ether oxygens (including phenoxy) is 2. The Bertz CT molecular complexity index is 1050. The third-order valence-electron chi connectivity index (χ3n) is 5.28. The summed E-state index contributed by atoms with van der Waals surface area (Å²) in [6.07, 6.45) is 1.78. The zero-order valence-corrected chi connectivity index (χ0v) is 19.4. The molecule has 0 spiro atoms. The molecule has 2 heterocycles. The third-order valence-corrected chi connectivity index (χ3v) is 5.80. The summed E-state index contributed by atoms with van der Waals surface area (Å²) in [6.45, 7) is 6.52. The van der Waals surface area contributed by atoms with Gasteiger partial charge in [0.1, 0.15) is 0 Å². The maximum atomic E-state index is 13.1. The van der Waals surface area contributed by atoms with Crippen molar-refractivity contribution >= 4 is 33.9 Å². The van der Waals surface area contributed by atoms with Crippen LogP contribution in [0.3, 0.4) is 0 Å². The van der Waals surface area contributed by atoms with Gasteiger partial charge >= 0.3 is 5.97 Å². The van der Waals surface area contributed by atoms with Crippen LogP contribution in [0.15, 0.2) is 51.6 Å². The standard InChI is InChI=1S/C23H25BrN2O4/c1-14-12-17(15(2)26(14)19-8-6-18(24)7-9-19)13-20-21(23(28)30-5)16(3)25(22(20)27)10-11-29-4/h6-9,12-13H,10-11H2,1-5H3. The van der Waals surface area contributed by atoms with Gasteiger partial charge in [-0.05, 0) is 62.7 Å². The summed E-state index contributed by atoms with van der Waals surface area (Å²) in [4.78, 5) is 27.1. The Morgan fingerprint density at radius 3 is 2.40 bits per heavy atom. The number of esters is 1. The molecule has 0 atom stereocenters. The fourth-order valence-corrected chi connectivity index (χ4v) is 4.02. The van der Waals surface area contributed by atoms with Gasteiger partial charge in [-0.1, -0.05) is 15.9 Å². The maximum absolute atomic E-state index is 13.1. The fraction of sp³-hybridized carbons (Fsp3) is 0.304. The summed E-state index contributed by atoms with van der Waals surface area (Å²) in [5, 5.41) is 0. The van der Waals surface area contributed by atoms with Crippen molar-refractivity contribution in [1.29, 1.82) is 0 Å². The van der Waals surface area contributed by atoms with Crippen molar-refractivity contribution < 1.29 is 19.1 Å². The first kappa shape index (κ1) is 22.1. The minimum atomic E-state index is -0.520. The minimum Gasteiger partial charge on any atom is -0.465 e. The highest BCUT2D eigenvalue weighted by molar-refractivity contribution is 9.10. The number of nitrogens with zero attached hydrogens (tertiary/aromatic N) is 2. The number of halogens is 1. The average molecular weight is 473 g/mol. The number of amides is 1. The zero-order chi connectivity index (χ0) is 22.0. The topological polar surface area (TPSA) is 60.8 Å². The largest absolute Gasteiger partial charge is 0.465 e. The van der Waals surface area contributed by atoms with E-state index in [1.165, 1.54) is 7.11 Å². The predicted molar refractivity (Wildman–Crippen MR) is 119 cm³/mol. The Kier molecular flexibility index (Phi) is 6.63. The van der Waals surface area contributed by atoms with Crippen molar-refractivity contribution in [2.75, 3.05) is 27.4 Å². The Labute approximate surface area is 184 Å². The van der Waals surface area contributed by atoms with E-state index in [1.807, 2.05) is 44.2 Å². The lowest BCUT2D eigenvalue weighted by Gasteiger charge is -2.16. The lowest BCUT2D eigenvalue weighted by molar-refractivity contribution is -0.136. The second-order valence-electron chi connectivity index (χ2n) is 7.10. The van der Waals surface area contributed by atoms with Crippen molar-refractivity contribution in [3.8, 4) is 5.69 Å². The van der Waals surface area contributed by atoms with Crippen molar-refractivity contribution in [2.45, 2.75) is 20.8 Å². The SMILES string of the molecule is COCCN1C(=O)C(=Cc2cc(C)n(-c3ccc(Br)cc3)c2C)C(C(=O)OC)=C1C. The minimum absolute atomic E-state index is 0.224. The maximum Gasteiger partial charge on any atom is 0.340 e. The molecule has 0 saturated heterocycles. The number of methoxy groups -OCH3 is 2. The molecule has 0 N–H and O–H groups in total. The van der Waals surface area contributed by atoms with Gasteiger partial charge in [0.15, 0.2) is 0 Å². The van der Waals surface area contributed by atoms with Crippen molar-refractivity contribution in [3.63, 3.8) is 0 Å². The van der Waals surface area contributed by atoms with Gasteiger partial charge < -0.3 is 18.9 Å². The molecule has 3 rings (SSSR count). The van der Waals surface area contributed by atoms with Crippen LogP contribution in [0.25, 0.3) is 11.8 Å². The molecule has 2 aromatic rings. The molecule has 0 radical (unpaired) electrons. The van der Waals surface area contributed by atoms with Crippen LogP contribution in [0, 0.1) is 13.8 Å². The Balaban J connectivity index is 2.09. The number of hydrogen-bond donors (Lipinski definition) is 0. The first-order chi connectivity index (χ1) is 14.3. The molecule has 7 heteroatoms. The molecule has 1 aliphatic heterocycles. The molecule has 1 aromatic carbocycles. The van der Waals surface area contributed by atoms with Crippen LogP contribution in [-0.2, 0) is 19.1 Å². The third kappa shape index (κ3) is 4.00. The number of carbonyl (C=O) groups is 2. The first-order valence-electron chi connectivity index (χ1n) is 9.57. The van der Waals surface area contributed by atoms with Crippen molar-refractivity contribution in [3.05, 3.63) is 68.6 Å². The van der Waals surface area contributed by atoms with Crippen LogP contribution in [-0.4, -0.2) is 48.7 Å². The predicted octanol–water partition coefficient (Wildman–Crippen LogP) is 4.18. The molecule has 0 unspecified atom stereocenters. The van der Waals surface area contributed by atoms with E-state index in [9.17, 15) is 9.59 Å². The summed E-state index contributed by atoms with van der Waals surface area (Å²) in [5.41, 5.74) is 5.13. The highest BCUT2D eigenvalue weighted by Crippen LogP contribution is 2.33. The van der Waals surface area contributed by atoms with Gasteiger partial charge in [-0.2, -0.15) is 0 Å². The number of allylic oxidation sites excluding steroid dienone is 1. The Morgan fingerprint density at radius 2 is 1.80 bits per heavy atom. The van der Waals surface area contributed by atoms with Gasteiger partial charge in [0.2, 0.25) is 0 Å². The summed E-state index contributed by atoms with van der Waals surface area (Å²) in [6, 6.07) is 10.0. The van der Waals surface area contributed by atoms with E-state index >= 15 is 0 Å². The van der Waals surface area contributed by atoms with Crippen LogP contribution in [0.1, 0.15) is 23.9 Å². The van der Waals surface area contributed by atoms with Crippen LogP contribution < -0.4 is 0 Å². The van der Waals surface area contributed by atoms with E-state index < -0.39 is 5.97 Å². The number of hydrogen-bond acceptors (Lipinski definition) is 4. The number of benzene rings is 1. The van der Waals surface area contributed by atoms with Gasteiger partial charge in [0.25, 0.3) is 5.91 Å². The van der Waals surface area contributed by atoms with E-state index in [0.717, 1.165) is 27.1 Å². The van der Waals surface area contributed by atoms with Crippen LogP contribution in [0.2, 0.25) is 0 Å². The van der Waals surface area contributed by atoms with E-state index in [1.54, 1.807) is 25.0 Å². The van der Waals surface area contributed by atoms with Crippen LogP contribution >= 0.6 is 15.9 Å². The molecule has 1 aromatic heterocycles. The lowest BCUT2D eigenvalue weighted by Crippen LogP contribution is -2.28. The molecular weight excluding hydrogens is 448 g/mol. The van der Waals surface area contributed by atoms with Crippen molar-refractivity contribution in [2.24, 2.45) is 0 Å². The van der Waals surface area contributed by atoms with Gasteiger partial charge in [-0.15, -0.1) is 0 Å². The second kappa shape index (κ2) is 9.02. The van der Waals surface area contributed by atoms with Crippen molar-refractivity contribution in [1.82, 2.24) is 9.47 Å². The normalized spacial score (nSPS) is 15.5. The number of aromatic nitrogens is 1. The Morgan fingerprint density at radius 1 is 1.13 bits per heavy atom. The molecule has 6 nitrogen and oxygen atoms in total. The quantitative estimate of drug-likeness (QED) is 0.467. The number of rotatable bonds is 6. The van der Waals surface area contributed by atoms with E-state index in [2.05, 4.69) is 20.5 Å². The highest BCUT2D eigenvalue weighted by Gasteiger charge is 2.37. The second-order valence-corrected chi connectivity index (χ2v) is 8.01.